The second-order valence-corrected chi connectivity index (χ2v) is 6.64. The normalized spacial score (nSPS) is 10.6. The lowest BCUT2D eigenvalue weighted by Crippen LogP contribution is -2.20. The minimum Gasteiger partial charge on any atom is -0.484 e. The maximum Gasteiger partial charge on any atom is 0.277 e. The highest BCUT2D eigenvalue weighted by Gasteiger charge is 2.12. The number of amides is 2. The smallest absolute Gasteiger partial charge is 0.277 e. The van der Waals surface area contributed by atoms with Crippen molar-refractivity contribution >= 4 is 34.2 Å². The van der Waals surface area contributed by atoms with Gasteiger partial charge >= 0.3 is 0 Å². The number of nitrogens with zero attached hydrogens (tertiary/aromatic N) is 1. The van der Waals surface area contributed by atoms with E-state index < -0.39 is 11.8 Å². The average molecular weight is 419 g/mol. The van der Waals surface area contributed by atoms with Gasteiger partial charge in [-0.1, -0.05) is 11.2 Å². The molecule has 4 rings (SSSR count). The Morgan fingerprint density at radius 1 is 1.03 bits per heavy atom. The molecule has 4 aromatic rings. The average Bonchev–Trinajstić information content (AvgIpc) is 3.19. The van der Waals surface area contributed by atoms with E-state index in [1.165, 1.54) is 18.4 Å². The van der Waals surface area contributed by atoms with E-state index in [1.807, 2.05) is 0 Å². The molecule has 0 aliphatic rings. The molecule has 0 saturated carbocycles. The van der Waals surface area contributed by atoms with Crippen LogP contribution >= 0.6 is 0 Å². The highest BCUT2D eigenvalue weighted by molar-refractivity contribution is 6.03. The molecule has 31 heavy (non-hydrogen) atoms. The van der Waals surface area contributed by atoms with Gasteiger partial charge in [0.2, 0.25) is 0 Å². The number of aromatic nitrogens is 1. The van der Waals surface area contributed by atoms with E-state index in [2.05, 4.69) is 15.8 Å². The summed E-state index contributed by atoms with van der Waals surface area (Å²) in [5, 5.41) is 9.47. The van der Waals surface area contributed by atoms with Crippen LogP contribution in [0.15, 0.2) is 74.6 Å². The second kappa shape index (κ2) is 8.54. The van der Waals surface area contributed by atoms with Crippen molar-refractivity contribution in [1.29, 1.82) is 0 Å². The molecule has 9 heteroatoms. The predicted octanol–water partition coefficient (Wildman–Crippen LogP) is 3.36. The number of anilines is 2. The number of hydrogen-bond donors (Lipinski definition) is 2. The van der Waals surface area contributed by atoms with Crippen molar-refractivity contribution in [2.45, 2.75) is 6.92 Å². The van der Waals surface area contributed by atoms with Gasteiger partial charge in [-0.3, -0.25) is 14.4 Å². The first-order valence-electron chi connectivity index (χ1n) is 9.27. The highest BCUT2D eigenvalue weighted by atomic mass is 16.5. The number of carbonyl (C=O) groups excluding carboxylic acids is 2. The van der Waals surface area contributed by atoms with Gasteiger partial charge in [-0.25, -0.2) is 0 Å². The predicted molar refractivity (Wildman–Crippen MR) is 112 cm³/mol. The third kappa shape index (κ3) is 4.78. The van der Waals surface area contributed by atoms with Gasteiger partial charge in [0.1, 0.15) is 17.1 Å². The standard InChI is InChI=1S/C22H17N3O6/c1-13-9-18(25-31-13)22(28)24-15-4-2-3-14(10-15)23-21(27)12-30-16-5-6-17-19(26)7-8-29-20(17)11-16/h2-11H,12H2,1H3,(H,23,27)(H,24,28). The van der Waals surface area contributed by atoms with Crippen LogP contribution in [0.4, 0.5) is 11.4 Å². The maximum absolute atomic E-state index is 12.2. The third-order valence-electron chi connectivity index (χ3n) is 4.27. The molecule has 0 bridgehead atoms. The summed E-state index contributed by atoms with van der Waals surface area (Å²) in [6.07, 6.45) is 1.30. The summed E-state index contributed by atoms with van der Waals surface area (Å²) >= 11 is 0. The van der Waals surface area contributed by atoms with Crippen molar-refractivity contribution in [2.75, 3.05) is 17.2 Å². The minimum atomic E-state index is -0.424. The summed E-state index contributed by atoms with van der Waals surface area (Å²) in [6.45, 7) is 1.44. The van der Waals surface area contributed by atoms with Gasteiger partial charge in [0.15, 0.2) is 17.7 Å². The van der Waals surface area contributed by atoms with Gasteiger partial charge < -0.3 is 24.3 Å². The molecule has 0 atom stereocenters. The Morgan fingerprint density at radius 3 is 2.61 bits per heavy atom. The van der Waals surface area contributed by atoms with Gasteiger partial charge in [-0.2, -0.15) is 0 Å². The quantitative estimate of drug-likeness (QED) is 0.491. The SMILES string of the molecule is Cc1cc(C(=O)Nc2cccc(NC(=O)COc3ccc4c(=O)ccoc4c3)c2)no1. The summed E-state index contributed by atoms with van der Waals surface area (Å²) in [7, 11) is 0. The van der Waals surface area contributed by atoms with E-state index in [9.17, 15) is 14.4 Å². The number of fused-ring (bicyclic) bond motifs is 1. The van der Waals surface area contributed by atoms with Crippen LogP contribution in [0.3, 0.4) is 0 Å². The Morgan fingerprint density at radius 2 is 1.84 bits per heavy atom. The van der Waals surface area contributed by atoms with Crippen molar-refractivity contribution in [3.63, 3.8) is 0 Å². The molecule has 0 radical (unpaired) electrons. The van der Waals surface area contributed by atoms with E-state index in [0.29, 0.717) is 33.9 Å². The summed E-state index contributed by atoms with van der Waals surface area (Å²) in [5.41, 5.74) is 1.33. The van der Waals surface area contributed by atoms with Gasteiger partial charge in [0, 0.05) is 29.6 Å². The molecule has 9 nitrogen and oxygen atoms in total. The first kappa shape index (κ1) is 19.9. The second-order valence-electron chi connectivity index (χ2n) is 6.64. The molecule has 2 aromatic heterocycles. The van der Waals surface area contributed by atoms with Crippen molar-refractivity contribution < 1.29 is 23.3 Å². The molecule has 0 saturated heterocycles. The number of nitrogens with one attached hydrogen (secondary N) is 2. The van der Waals surface area contributed by atoms with Crippen LogP contribution in [-0.4, -0.2) is 23.6 Å². The van der Waals surface area contributed by atoms with Crippen molar-refractivity contribution in [1.82, 2.24) is 5.16 Å². The Labute approximate surface area is 175 Å². The Hall–Kier alpha value is -4.40. The number of benzene rings is 2. The van der Waals surface area contributed by atoms with Gasteiger partial charge in [0.05, 0.1) is 11.6 Å². The Bertz CT molecular complexity index is 1320. The molecular weight excluding hydrogens is 402 g/mol. The van der Waals surface area contributed by atoms with Crippen molar-refractivity contribution in [3.8, 4) is 5.75 Å². The monoisotopic (exact) mass is 419 g/mol. The van der Waals surface area contributed by atoms with Crippen LogP contribution in [0.1, 0.15) is 16.2 Å². The lowest BCUT2D eigenvalue weighted by Gasteiger charge is -2.09. The number of hydrogen-bond acceptors (Lipinski definition) is 7. The van der Waals surface area contributed by atoms with E-state index in [-0.39, 0.29) is 17.7 Å². The number of carbonyl (C=O) groups is 2. The zero-order valence-electron chi connectivity index (χ0n) is 16.4. The zero-order valence-corrected chi connectivity index (χ0v) is 16.4. The topological polar surface area (TPSA) is 124 Å². The lowest BCUT2D eigenvalue weighted by atomic mass is 10.2. The number of aryl methyl sites for hydroxylation is 1. The van der Waals surface area contributed by atoms with Crippen LogP contribution in [0.5, 0.6) is 5.75 Å². The molecular formula is C22H17N3O6. The zero-order chi connectivity index (χ0) is 21.8. The van der Waals surface area contributed by atoms with E-state index in [1.54, 1.807) is 49.4 Å². The van der Waals surface area contributed by atoms with Crippen LogP contribution in [0.25, 0.3) is 11.0 Å². The summed E-state index contributed by atoms with van der Waals surface area (Å²) in [4.78, 5) is 36.1. The largest absolute Gasteiger partial charge is 0.484 e. The Balaban J connectivity index is 1.36. The van der Waals surface area contributed by atoms with Gasteiger partial charge in [-0.15, -0.1) is 0 Å². The number of rotatable bonds is 6. The number of ether oxygens (including phenoxy) is 1. The molecule has 2 amide bonds. The summed E-state index contributed by atoms with van der Waals surface area (Å²) < 4.78 is 15.7. The fraction of sp³-hybridized carbons (Fsp3) is 0.0909. The molecule has 2 heterocycles. The fourth-order valence-corrected chi connectivity index (χ4v) is 2.84. The molecule has 0 aliphatic carbocycles. The van der Waals surface area contributed by atoms with Crippen molar-refractivity contribution in [3.05, 3.63) is 82.5 Å². The molecule has 2 aromatic carbocycles. The maximum atomic E-state index is 12.2. The molecule has 0 fully saturated rings. The fourth-order valence-electron chi connectivity index (χ4n) is 2.84. The van der Waals surface area contributed by atoms with Crippen LogP contribution in [0, 0.1) is 6.92 Å². The van der Waals surface area contributed by atoms with E-state index in [0.717, 1.165) is 0 Å². The van der Waals surface area contributed by atoms with Gasteiger partial charge in [0.25, 0.3) is 11.8 Å². The Kier molecular flexibility index (Phi) is 5.48. The molecule has 0 aliphatic heterocycles. The van der Waals surface area contributed by atoms with Crippen LogP contribution in [0.2, 0.25) is 0 Å². The van der Waals surface area contributed by atoms with E-state index >= 15 is 0 Å². The van der Waals surface area contributed by atoms with Crippen LogP contribution in [-0.2, 0) is 4.79 Å². The van der Waals surface area contributed by atoms with E-state index in [4.69, 9.17) is 13.7 Å². The molecule has 156 valence electrons. The lowest BCUT2D eigenvalue weighted by molar-refractivity contribution is -0.118. The highest BCUT2D eigenvalue weighted by Crippen LogP contribution is 2.19. The summed E-state index contributed by atoms with van der Waals surface area (Å²) in [5.74, 6) is 0.0949. The molecule has 0 unspecified atom stereocenters. The van der Waals surface area contributed by atoms with Crippen LogP contribution < -0.4 is 20.8 Å². The molecule has 2 N–H and O–H groups in total. The first-order valence-corrected chi connectivity index (χ1v) is 9.27. The molecule has 0 spiro atoms. The third-order valence-corrected chi connectivity index (χ3v) is 4.27. The van der Waals surface area contributed by atoms with Gasteiger partial charge in [-0.05, 0) is 37.3 Å². The minimum absolute atomic E-state index is 0.156. The van der Waals surface area contributed by atoms with Crippen molar-refractivity contribution in [2.24, 2.45) is 0 Å². The summed E-state index contributed by atoms with van der Waals surface area (Å²) in [6, 6.07) is 14.2. The first-order chi connectivity index (χ1) is 15.0.